The molecule has 0 atom stereocenters. The quantitative estimate of drug-likeness (QED) is 0.750. The number of nitrogens with one attached hydrogen (secondary N) is 1. The van der Waals surface area contributed by atoms with Crippen molar-refractivity contribution in [1.29, 1.82) is 0 Å². The minimum atomic E-state index is -0.186. The second-order valence-electron chi connectivity index (χ2n) is 7.10. The molecular formula is C23H23N3O. The predicted octanol–water partition coefficient (Wildman–Crippen LogP) is 4.51. The summed E-state index contributed by atoms with van der Waals surface area (Å²) in [6.07, 6.45) is 2.83. The summed E-state index contributed by atoms with van der Waals surface area (Å²) in [5.41, 5.74) is 7.41. The van der Waals surface area contributed by atoms with Crippen LogP contribution < -0.4 is 10.2 Å². The van der Waals surface area contributed by atoms with E-state index >= 15 is 0 Å². The molecule has 0 saturated heterocycles. The molecule has 2 aromatic carbocycles. The normalized spacial score (nSPS) is 13.2. The van der Waals surface area contributed by atoms with Crippen molar-refractivity contribution in [3.63, 3.8) is 0 Å². The lowest BCUT2D eigenvalue weighted by Gasteiger charge is -2.30. The summed E-state index contributed by atoms with van der Waals surface area (Å²) in [6, 6.07) is 18.2. The molecule has 4 nitrogen and oxygen atoms in total. The van der Waals surface area contributed by atoms with Gasteiger partial charge >= 0.3 is 0 Å². The van der Waals surface area contributed by atoms with Gasteiger partial charge < -0.3 is 10.2 Å². The van der Waals surface area contributed by atoms with Crippen molar-refractivity contribution in [2.24, 2.45) is 0 Å². The number of benzene rings is 2. The van der Waals surface area contributed by atoms with Crippen LogP contribution in [0.25, 0.3) is 0 Å². The molecule has 4 heteroatoms. The first-order valence-electron chi connectivity index (χ1n) is 9.26. The number of rotatable bonds is 3. The molecule has 0 saturated carbocycles. The Bertz CT molecular complexity index is 979. The van der Waals surface area contributed by atoms with E-state index in [1.54, 1.807) is 12.3 Å². The highest BCUT2D eigenvalue weighted by atomic mass is 16.1. The summed E-state index contributed by atoms with van der Waals surface area (Å²) in [7, 11) is 0. The second-order valence-corrected chi connectivity index (χ2v) is 7.10. The fourth-order valence-corrected chi connectivity index (χ4v) is 3.44. The molecule has 1 aromatic heterocycles. The van der Waals surface area contributed by atoms with Gasteiger partial charge in [0.2, 0.25) is 0 Å². The monoisotopic (exact) mass is 357 g/mol. The van der Waals surface area contributed by atoms with E-state index in [0.29, 0.717) is 5.69 Å². The largest absolute Gasteiger partial charge is 0.366 e. The number of carbonyl (C=O) groups is 1. The van der Waals surface area contributed by atoms with Crippen LogP contribution in [0.3, 0.4) is 0 Å². The van der Waals surface area contributed by atoms with Gasteiger partial charge in [0, 0.05) is 18.8 Å². The Morgan fingerprint density at radius 1 is 1.00 bits per heavy atom. The third kappa shape index (κ3) is 3.70. The van der Waals surface area contributed by atoms with Crippen LogP contribution in [0, 0.1) is 13.8 Å². The molecule has 0 spiro atoms. The number of pyridine rings is 1. The van der Waals surface area contributed by atoms with Crippen molar-refractivity contribution >= 4 is 17.3 Å². The Morgan fingerprint density at radius 3 is 2.56 bits per heavy atom. The zero-order valence-corrected chi connectivity index (χ0v) is 15.7. The highest BCUT2D eigenvalue weighted by Gasteiger charge is 2.17. The zero-order chi connectivity index (χ0) is 18.8. The maximum Gasteiger partial charge on any atom is 0.274 e. The summed E-state index contributed by atoms with van der Waals surface area (Å²) in [5, 5.41) is 2.92. The molecule has 0 fully saturated rings. The Hall–Kier alpha value is -3.14. The standard InChI is InChI=1S/C23H23N3O/c1-16-7-8-20(13-17(16)2)25-23(27)22-10-9-21(14-24-22)26-12-11-18-5-3-4-6-19(18)15-26/h3-10,13-14H,11-12,15H2,1-2H3,(H,25,27). The van der Waals surface area contributed by atoms with E-state index in [-0.39, 0.29) is 5.91 Å². The summed E-state index contributed by atoms with van der Waals surface area (Å²) < 4.78 is 0. The van der Waals surface area contributed by atoms with Gasteiger partial charge in [-0.15, -0.1) is 0 Å². The second kappa shape index (κ2) is 7.23. The molecule has 0 unspecified atom stereocenters. The highest BCUT2D eigenvalue weighted by Crippen LogP contribution is 2.24. The number of aryl methyl sites for hydroxylation is 2. The zero-order valence-electron chi connectivity index (χ0n) is 15.7. The van der Waals surface area contributed by atoms with E-state index in [9.17, 15) is 4.79 Å². The van der Waals surface area contributed by atoms with Crippen molar-refractivity contribution in [1.82, 2.24) is 4.98 Å². The van der Waals surface area contributed by atoms with E-state index < -0.39 is 0 Å². The minimum absolute atomic E-state index is 0.186. The summed E-state index contributed by atoms with van der Waals surface area (Å²) in [5.74, 6) is -0.186. The number of nitrogens with zero attached hydrogens (tertiary/aromatic N) is 2. The molecular weight excluding hydrogens is 334 g/mol. The molecule has 1 N–H and O–H groups in total. The van der Waals surface area contributed by atoms with Crippen LogP contribution in [0.2, 0.25) is 0 Å². The molecule has 27 heavy (non-hydrogen) atoms. The van der Waals surface area contributed by atoms with Crippen molar-refractivity contribution in [2.75, 3.05) is 16.8 Å². The van der Waals surface area contributed by atoms with Crippen LogP contribution in [0.4, 0.5) is 11.4 Å². The summed E-state index contributed by atoms with van der Waals surface area (Å²) >= 11 is 0. The van der Waals surface area contributed by atoms with Gasteiger partial charge in [0.1, 0.15) is 5.69 Å². The van der Waals surface area contributed by atoms with Crippen LogP contribution in [0.15, 0.2) is 60.8 Å². The van der Waals surface area contributed by atoms with E-state index in [4.69, 9.17) is 0 Å². The molecule has 1 aliphatic rings. The average Bonchev–Trinajstić information content (AvgIpc) is 2.70. The number of hydrogen-bond donors (Lipinski definition) is 1. The van der Waals surface area contributed by atoms with Gasteiger partial charge in [-0.3, -0.25) is 4.79 Å². The number of amides is 1. The lowest BCUT2D eigenvalue weighted by Crippen LogP contribution is -2.30. The van der Waals surface area contributed by atoms with Crippen LogP contribution >= 0.6 is 0 Å². The van der Waals surface area contributed by atoms with Gasteiger partial charge in [-0.1, -0.05) is 30.3 Å². The Balaban J connectivity index is 1.46. The number of anilines is 2. The Kier molecular flexibility index (Phi) is 4.63. The van der Waals surface area contributed by atoms with E-state index in [2.05, 4.69) is 46.4 Å². The molecule has 0 radical (unpaired) electrons. The van der Waals surface area contributed by atoms with E-state index in [0.717, 1.165) is 36.4 Å². The predicted molar refractivity (Wildman–Crippen MR) is 109 cm³/mol. The van der Waals surface area contributed by atoms with E-state index in [1.165, 1.54) is 16.7 Å². The smallest absolute Gasteiger partial charge is 0.274 e. The van der Waals surface area contributed by atoms with Crippen LogP contribution in [-0.2, 0) is 13.0 Å². The van der Waals surface area contributed by atoms with Gasteiger partial charge in [0.25, 0.3) is 5.91 Å². The SMILES string of the molecule is Cc1ccc(NC(=O)c2ccc(N3CCc4ccccc4C3)cn2)cc1C. The van der Waals surface area contributed by atoms with Gasteiger partial charge in [0.05, 0.1) is 11.9 Å². The maximum absolute atomic E-state index is 12.5. The van der Waals surface area contributed by atoms with Crippen molar-refractivity contribution in [3.8, 4) is 0 Å². The fraction of sp³-hybridized carbons (Fsp3) is 0.217. The van der Waals surface area contributed by atoms with Gasteiger partial charge in [-0.25, -0.2) is 4.98 Å². The molecule has 0 aliphatic carbocycles. The number of aromatic nitrogens is 1. The third-order valence-electron chi connectivity index (χ3n) is 5.24. The first-order valence-corrected chi connectivity index (χ1v) is 9.26. The molecule has 1 aliphatic heterocycles. The van der Waals surface area contributed by atoms with Gasteiger partial charge in [0.15, 0.2) is 0 Å². The van der Waals surface area contributed by atoms with Crippen LogP contribution in [0.1, 0.15) is 32.7 Å². The maximum atomic E-state index is 12.5. The van der Waals surface area contributed by atoms with Gasteiger partial charge in [-0.05, 0) is 66.8 Å². The number of hydrogen-bond acceptors (Lipinski definition) is 3. The Morgan fingerprint density at radius 2 is 1.81 bits per heavy atom. The molecule has 0 bridgehead atoms. The molecule has 1 amide bonds. The highest BCUT2D eigenvalue weighted by molar-refractivity contribution is 6.03. The number of carbonyl (C=O) groups excluding carboxylic acids is 1. The third-order valence-corrected chi connectivity index (χ3v) is 5.24. The lowest BCUT2D eigenvalue weighted by molar-refractivity contribution is 0.102. The van der Waals surface area contributed by atoms with Crippen LogP contribution in [0.5, 0.6) is 0 Å². The lowest BCUT2D eigenvalue weighted by atomic mass is 10.00. The average molecular weight is 357 g/mol. The van der Waals surface area contributed by atoms with Crippen molar-refractivity contribution in [2.45, 2.75) is 26.8 Å². The molecule has 3 aromatic rings. The van der Waals surface area contributed by atoms with Crippen LogP contribution in [-0.4, -0.2) is 17.4 Å². The number of fused-ring (bicyclic) bond motifs is 1. The summed E-state index contributed by atoms with van der Waals surface area (Å²) in [6.45, 7) is 5.94. The molecule has 2 heterocycles. The molecule has 4 rings (SSSR count). The molecule has 136 valence electrons. The Labute approximate surface area is 159 Å². The van der Waals surface area contributed by atoms with E-state index in [1.807, 2.05) is 31.2 Å². The summed E-state index contributed by atoms with van der Waals surface area (Å²) in [4.78, 5) is 19.2. The first-order chi connectivity index (χ1) is 13.1. The van der Waals surface area contributed by atoms with Crippen molar-refractivity contribution in [3.05, 3.63) is 88.7 Å². The first kappa shape index (κ1) is 17.3. The minimum Gasteiger partial charge on any atom is -0.366 e. The van der Waals surface area contributed by atoms with Crippen molar-refractivity contribution < 1.29 is 4.79 Å². The topological polar surface area (TPSA) is 45.2 Å². The fourth-order valence-electron chi connectivity index (χ4n) is 3.44. The van der Waals surface area contributed by atoms with Gasteiger partial charge in [-0.2, -0.15) is 0 Å².